The minimum Gasteiger partial charge on any atom is -0.439 e. The molecule has 0 aliphatic rings. The number of hydrogen-bond acceptors (Lipinski definition) is 5. The average molecular weight is 323 g/mol. The second kappa shape index (κ2) is 7.36. The molecule has 0 saturated carbocycles. The van der Waals surface area contributed by atoms with E-state index >= 15 is 0 Å². The van der Waals surface area contributed by atoms with E-state index in [1.165, 1.54) is 17.3 Å². The SMILES string of the molecule is C[C@@H](C(=O)NCc1ccc(Oc2ccccc2)nc1)n1cncn1. The average Bonchev–Trinajstić information content (AvgIpc) is 3.16. The van der Waals surface area contributed by atoms with Crippen LogP contribution in [0.25, 0.3) is 0 Å². The lowest BCUT2D eigenvalue weighted by Gasteiger charge is -2.12. The van der Waals surface area contributed by atoms with Crippen LogP contribution in [0.2, 0.25) is 0 Å². The predicted molar refractivity (Wildman–Crippen MR) is 87.3 cm³/mol. The number of carbonyl (C=O) groups is 1. The molecule has 2 heterocycles. The first-order valence-corrected chi connectivity index (χ1v) is 7.52. The molecule has 0 spiro atoms. The molecule has 7 nitrogen and oxygen atoms in total. The highest BCUT2D eigenvalue weighted by atomic mass is 16.5. The third-order valence-electron chi connectivity index (χ3n) is 3.44. The molecule has 3 aromatic rings. The summed E-state index contributed by atoms with van der Waals surface area (Å²) < 4.78 is 7.13. The van der Waals surface area contributed by atoms with E-state index in [4.69, 9.17) is 4.74 Å². The van der Waals surface area contributed by atoms with Gasteiger partial charge in [-0.2, -0.15) is 5.10 Å². The van der Waals surface area contributed by atoms with Crippen LogP contribution < -0.4 is 10.1 Å². The number of nitrogens with one attached hydrogen (secondary N) is 1. The molecule has 2 aromatic heterocycles. The standard InChI is InChI=1S/C17H17N5O2/c1-13(22-12-18-11-21-22)17(23)20-10-14-7-8-16(19-9-14)24-15-5-3-2-4-6-15/h2-9,11-13H,10H2,1H3,(H,20,23)/t13-/m0/s1. The van der Waals surface area contributed by atoms with Gasteiger partial charge in [-0.1, -0.05) is 24.3 Å². The summed E-state index contributed by atoms with van der Waals surface area (Å²) in [6, 6.07) is 12.7. The van der Waals surface area contributed by atoms with Gasteiger partial charge in [0.15, 0.2) is 0 Å². The van der Waals surface area contributed by atoms with Gasteiger partial charge < -0.3 is 10.1 Å². The maximum atomic E-state index is 12.1. The molecular weight excluding hydrogens is 306 g/mol. The molecular formula is C17H17N5O2. The van der Waals surface area contributed by atoms with Crippen molar-refractivity contribution in [2.75, 3.05) is 0 Å². The lowest BCUT2D eigenvalue weighted by atomic mass is 10.2. The molecule has 3 rings (SSSR count). The molecule has 122 valence electrons. The molecule has 1 N–H and O–H groups in total. The largest absolute Gasteiger partial charge is 0.439 e. The lowest BCUT2D eigenvalue weighted by Crippen LogP contribution is -2.30. The van der Waals surface area contributed by atoms with E-state index in [-0.39, 0.29) is 5.91 Å². The zero-order valence-electron chi connectivity index (χ0n) is 13.2. The summed E-state index contributed by atoms with van der Waals surface area (Å²) in [6.45, 7) is 2.15. The molecule has 1 aromatic carbocycles. The van der Waals surface area contributed by atoms with Gasteiger partial charge in [0.1, 0.15) is 24.4 Å². The summed E-state index contributed by atoms with van der Waals surface area (Å²) in [6.07, 6.45) is 4.60. The smallest absolute Gasteiger partial charge is 0.244 e. The van der Waals surface area contributed by atoms with Crippen molar-refractivity contribution in [1.82, 2.24) is 25.1 Å². The van der Waals surface area contributed by atoms with E-state index in [0.29, 0.717) is 12.4 Å². The first-order valence-electron chi connectivity index (χ1n) is 7.52. The summed E-state index contributed by atoms with van der Waals surface area (Å²) in [5.74, 6) is 1.10. The molecule has 0 bridgehead atoms. The van der Waals surface area contributed by atoms with Crippen LogP contribution in [0, 0.1) is 0 Å². The normalized spacial score (nSPS) is 11.7. The van der Waals surface area contributed by atoms with Crippen molar-refractivity contribution in [3.63, 3.8) is 0 Å². The van der Waals surface area contributed by atoms with Crippen LogP contribution in [0.15, 0.2) is 61.3 Å². The third-order valence-corrected chi connectivity index (χ3v) is 3.44. The van der Waals surface area contributed by atoms with Crippen LogP contribution in [-0.4, -0.2) is 25.7 Å². The van der Waals surface area contributed by atoms with Gasteiger partial charge in [-0.05, 0) is 24.6 Å². The van der Waals surface area contributed by atoms with Crippen LogP contribution in [0.4, 0.5) is 0 Å². The minimum absolute atomic E-state index is 0.134. The number of amides is 1. The zero-order valence-corrected chi connectivity index (χ0v) is 13.2. The van der Waals surface area contributed by atoms with Crippen molar-refractivity contribution in [2.24, 2.45) is 0 Å². The first-order chi connectivity index (χ1) is 11.7. The highest BCUT2D eigenvalue weighted by Crippen LogP contribution is 2.18. The Morgan fingerprint density at radius 3 is 2.75 bits per heavy atom. The van der Waals surface area contributed by atoms with E-state index in [9.17, 15) is 4.79 Å². The summed E-state index contributed by atoms with van der Waals surface area (Å²) in [5.41, 5.74) is 0.884. The van der Waals surface area contributed by atoms with Gasteiger partial charge in [0.2, 0.25) is 11.8 Å². The van der Waals surface area contributed by atoms with Crippen molar-refractivity contribution in [2.45, 2.75) is 19.5 Å². The molecule has 1 amide bonds. The zero-order chi connectivity index (χ0) is 16.8. The number of carbonyl (C=O) groups excluding carboxylic acids is 1. The molecule has 0 aliphatic carbocycles. The number of aromatic nitrogens is 4. The van der Waals surface area contributed by atoms with Gasteiger partial charge in [-0.3, -0.25) is 4.79 Å². The minimum atomic E-state index is -0.416. The van der Waals surface area contributed by atoms with E-state index < -0.39 is 6.04 Å². The molecule has 0 unspecified atom stereocenters. The number of rotatable bonds is 6. The van der Waals surface area contributed by atoms with Crippen LogP contribution in [-0.2, 0) is 11.3 Å². The van der Waals surface area contributed by atoms with E-state index in [1.54, 1.807) is 19.2 Å². The van der Waals surface area contributed by atoms with Crippen LogP contribution in [0.3, 0.4) is 0 Å². The molecule has 0 fully saturated rings. The second-order valence-electron chi connectivity index (χ2n) is 5.19. The molecule has 0 radical (unpaired) electrons. The Balaban J connectivity index is 1.54. The monoisotopic (exact) mass is 323 g/mol. The van der Waals surface area contributed by atoms with Gasteiger partial charge >= 0.3 is 0 Å². The Morgan fingerprint density at radius 2 is 2.08 bits per heavy atom. The van der Waals surface area contributed by atoms with Crippen LogP contribution in [0.1, 0.15) is 18.5 Å². The Bertz CT molecular complexity index is 773. The third kappa shape index (κ3) is 3.95. The van der Waals surface area contributed by atoms with Crippen LogP contribution >= 0.6 is 0 Å². The van der Waals surface area contributed by atoms with E-state index in [1.807, 2.05) is 36.4 Å². The maximum absolute atomic E-state index is 12.1. The molecule has 0 aliphatic heterocycles. The number of hydrogen-bond donors (Lipinski definition) is 1. The maximum Gasteiger partial charge on any atom is 0.244 e. The number of pyridine rings is 1. The number of nitrogens with zero attached hydrogens (tertiary/aromatic N) is 4. The van der Waals surface area contributed by atoms with Crippen molar-refractivity contribution in [3.8, 4) is 11.6 Å². The van der Waals surface area contributed by atoms with Gasteiger partial charge in [0.25, 0.3) is 0 Å². The topological polar surface area (TPSA) is 81.9 Å². The Hall–Kier alpha value is -3.22. The Labute approximate surface area is 139 Å². The summed E-state index contributed by atoms with van der Waals surface area (Å²) in [5, 5.41) is 6.81. The van der Waals surface area contributed by atoms with Gasteiger partial charge in [0, 0.05) is 18.8 Å². The summed E-state index contributed by atoms with van der Waals surface area (Å²) in [4.78, 5) is 20.2. The molecule has 7 heteroatoms. The van der Waals surface area contributed by atoms with E-state index in [0.717, 1.165) is 11.3 Å². The molecule has 0 saturated heterocycles. The van der Waals surface area contributed by atoms with Gasteiger partial charge in [-0.15, -0.1) is 0 Å². The van der Waals surface area contributed by atoms with Crippen molar-refractivity contribution >= 4 is 5.91 Å². The quantitative estimate of drug-likeness (QED) is 0.753. The van der Waals surface area contributed by atoms with Gasteiger partial charge in [-0.25, -0.2) is 14.6 Å². The van der Waals surface area contributed by atoms with E-state index in [2.05, 4.69) is 20.4 Å². The predicted octanol–water partition coefficient (Wildman–Crippen LogP) is 2.34. The highest BCUT2D eigenvalue weighted by Gasteiger charge is 2.14. The number of para-hydroxylation sites is 1. The fraction of sp³-hybridized carbons (Fsp3) is 0.176. The molecule has 1 atom stereocenters. The summed E-state index contributed by atoms with van der Waals surface area (Å²) >= 11 is 0. The first kappa shape index (κ1) is 15.7. The van der Waals surface area contributed by atoms with Crippen molar-refractivity contribution < 1.29 is 9.53 Å². The molecule has 24 heavy (non-hydrogen) atoms. The highest BCUT2D eigenvalue weighted by molar-refractivity contribution is 5.79. The van der Waals surface area contributed by atoms with Crippen LogP contribution in [0.5, 0.6) is 11.6 Å². The van der Waals surface area contributed by atoms with Crippen molar-refractivity contribution in [3.05, 3.63) is 66.9 Å². The number of benzene rings is 1. The van der Waals surface area contributed by atoms with Crippen molar-refractivity contribution in [1.29, 1.82) is 0 Å². The number of ether oxygens (including phenoxy) is 1. The lowest BCUT2D eigenvalue weighted by molar-refractivity contribution is -0.124. The second-order valence-corrected chi connectivity index (χ2v) is 5.19. The van der Waals surface area contributed by atoms with Gasteiger partial charge in [0.05, 0.1) is 0 Å². The Morgan fingerprint density at radius 1 is 1.25 bits per heavy atom. The fourth-order valence-corrected chi connectivity index (χ4v) is 2.06. The Kier molecular flexibility index (Phi) is 4.81. The fourth-order valence-electron chi connectivity index (χ4n) is 2.06. The summed E-state index contributed by atoms with van der Waals surface area (Å²) in [7, 11) is 0.